The maximum atomic E-state index is 13.1. The summed E-state index contributed by atoms with van der Waals surface area (Å²) in [5.41, 5.74) is 1.32. The number of hydrogen-bond acceptors (Lipinski definition) is 0. The zero-order valence-corrected chi connectivity index (χ0v) is 11.7. The zero-order chi connectivity index (χ0) is 13.3. The molecule has 1 aliphatic carbocycles. The van der Waals surface area contributed by atoms with Gasteiger partial charge in [0, 0.05) is 12.8 Å². The molecule has 0 aromatic rings. The van der Waals surface area contributed by atoms with Gasteiger partial charge in [0.25, 0.3) is 0 Å². The Morgan fingerprint density at radius 2 is 1.76 bits per heavy atom. The monoisotopic (exact) mass is 244 g/mol. The highest BCUT2D eigenvalue weighted by Gasteiger charge is 2.37. The summed E-state index contributed by atoms with van der Waals surface area (Å²) in [6.07, 6.45) is 2.48. The molecule has 0 atom stereocenters. The topological polar surface area (TPSA) is 0 Å². The SMILES string of the molecule is C=C(C(C)C)C(C)(C)CC1CCC(F)(F)CC1. The van der Waals surface area contributed by atoms with E-state index in [2.05, 4.69) is 34.3 Å². The molecule has 0 unspecified atom stereocenters. The molecule has 1 rings (SSSR count). The van der Waals surface area contributed by atoms with Gasteiger partial charge in [-0.05, 0) is 36.5 Å². The molecule has 0 aliphatic heterocycles. The molecule has 0 amide bonds. The summed E-state index contributed by atoms with van der Waals surface area (Å²) in [4.78, 5) is 0. The number of alkyl halides is 2. The normalized spacial score (nSPS) is 21.8. The Bertz CT molecular complexity index is 267. The van der Waals surface area contributed by atoms with Crippen LogP contribution in [0.4, 0.5) is 8.78 Å². The Hall–Kier alpha value is -0.400. The van der Waals surface area contributed by atoms with Crippen molar-refractivity contribution >= 4 is 0 Å². The fraction of sp³-hybridized carbons (Fsp3) is 0.867. The average molecular weight is 244 g/mol. The predicted octanol–water partition coefficient (Wildman–Crippen LogP) is 5.44. The summed E-state index contributed by atoms with van der Waals surface area (Å²) in [5.74, 6) is -1.49. The van der Waals surface area contributed by atoms with E-state index in [-0.39, 0.29) is 18.3 Å². The van der Waals surface area contributed by atoms with Gasteiger partial charge in [-0.1, -0.05) is 39.8 Å². The third-order valence-electron chi connectivity index (χ3n) is 4.20. The molecule has 2 heteroatoms. The first-order chi connectivity index (χ1) is 7.64. The van der Waals surface area contributed by atoms with Crippen LogP contribution in [0.1, 0.15) is 59.8 Å². The lowest BCUT2D eigenvalue weighted by Crippen LogP contribution is -2.29. The summed E-state index contributed by atoms with van der Waals surface area (Å²) >= 11 is 0. The smallest absolute Gasteiger partial charge is 0.207 e. The van der Waals surface area contributed by atoms with Crippen molar-refractivity contribution in [1.29, 1.82) is 0 Å². The molecule has 1 aliphatic rings. The lowest BCUT2D eigenvalue weighted by atomic mass is 9.70. The molecular formula is C15H26F2. The first-order valence-electron chi connectivity index (χ1n) is 6.71. The van der Waals surface area contributed by atoms with Gasteiger partial charge in [0.2, 0.25) is 5.92 Å². The van der Waals surface area contributed by atoms with Crippen molar-refractivity contribution in [3.63, 3.8) is 0 Å². The highest BCUT2D eigenvalue weighted by molar-refractivity contribution is 5.10. The van der Waals surface area contributed by atoms with E-state index in [0.717, 1.165) is 6.42 Å². The van der Waals surface area contributed by atoms with E-state index in [1.165, 1.54) is 5.57 Å². The molecule has 100 valence electrons. The van der Waals surface area contributed by atoms with Gasteiger partial charge in [0.05, 0.1) is 0 Å². The second-order valence-electron chi connectivity index (χ2n) is 6.57. The second kappa shape index (κ2) is 5.07. The molecule has 0 heterocycles. The fourth-order valence-electron chi connectivity index (χ4n) is 2.94. The minimum atomic E-state index is -2.41. The average Bonchev–Trinajstić information content (AvgIpc) is 2.20. The molecule has 0 nitrogen and oxygen atoms in total. The van der Waals surface area contributed by atoms with Crippen molar-refractivity contribution in [2.24, 2.45) is 17.3 Å². The molecule has 17 heavy (non-hydrogen) atoms. The summed E-state index contributed by atoms with van der Waals surface area (Å²) in [5, 5.41) is 0. The lowest BCUT2D eigenvalue weighted by molar-refractivity contribution is -0.0492. The van der Waals surface area contributed by atoms with E-state index >= 15 is 0 Å². The third kappa shape index (κ3) is 4.08. The first-order valence-corrected chi connectivity index (χ1v) is 6.71. The van der Waals surface area contributed by atoms with Gasteiger partial charge in [0.1, 0.15) is 0 Å². The van der Waals surface area contributed by atoms with Crippen molar-refractivity contribution in [3.05, 3.63) is 12.2 Å². The van der Waals surface area contributed by atoms with Crippen molar-refractivity contribution < 1.29 is 8.78 Å². The summed E-state index contributed by atoms with van der Waals surface area (Å²) in [7, 11) is 0. The molecular weight excluding hydrogens is 218 g/mol. The fourth-order valence-corrected chi connectivity index (χ4v) is 2.94. The van der Waals surface area contributed by atoms with Crippen molar-refractivity contribution in [1.82, 2.24) is 0 Å². The summed E-state index contributed by atoms with van der Waals surface area (Å²) in [6.45, 7) is 12.9. The summed E-state index contributed by atoms with van der Waals surface area (Å²) in [6, 6.07) is 0. The number of hydrogen-bond donors (Lipinski definition) is 0. The van der Waals surface area contributed by atoms with Gasteiger partial charge in [-0.3, -0.25) is 0 Å². The molecule has 0 saturated heterocycles. The maximum absolute atomic E-state index is 13.1. The van der Waals surface area contributed by atoms with E-state index in [0.29, 0.717) is 24.7 Å². The largest absolute Gasteiger partial charge is 0.248 e. The van der Waals surface area contributed by atoms with Gasteiger partial charge in [-0.2, -0.15) is 0 Å². The Morgan fingerprint density at radius 3 is 2.18 bits per heavy atom. The van der Waals surface area contributed by atoms with Crippen LogP contribution in [0.25, 0.3) is 0 Å². The number of rotatable bonds is 4. The lowest BCUT2D eigenvalue weighted by Gasteiger charge is -2.36. The Morgan fingerprint density at radius 1 is 1.29 bits per heavy atom. The molecule has 1 saturated carbocycles. The van der Waals surface area contributed by atoms with Crippen molar-refractivity contribution in [2.45, 2.75) is 65.7 Å². The van der Waals surface area contributed by atoms with Crippen LogP contribution >= 0.6 is 0 Å². The minimum absolute atomic E-state index is 0.0713. The van der Waals surface area contributed by atoms with Crippen LogP contribution < -0.4 is 0 Å². The number of halogens is 2. The zero-order valence-electron chi connectivity index (χ0n) is 11.7. The van der Waals surface area contributed by atoms with Crippen LogP contribution in [0.5, 0.6) is 0 Å². The van der Waals surface area contributed by atoms with E-state index in [1.54, 1.807) is 0 Å². The summed E-state index contributed by atoms with van der Waals surface area (Å²) < 4.78 is 26.2. The highest BCUT2D eigenvalue weighted by Crippen LogP contribution is 2.44. The molecule has 0 N–H and O–H groups in total. The quantitative estimate of drug-likeness (QED) is 0.578. The molecule has 0 aromatic heterocycles. The van der Waals surface area contributed by atoms with Crippen LogP contribution in [-0.4, -0.2) is 5.92 Å². The van der Waals surface area contributed by atoms with Gasteiger partial charge < -0.3 is 0 Å². The predicted molar refractivity (Wildman–Crippen MR) is 69.3 cm³/mol. The molecule has 0 aromatic carbocycles. The van der Waals surface area contributed by atoms with Crippen molar-refractivity contribution in [3.8, 4) is 0 Å². The first kappa shape index (κ1) is 14.7. The molecule has 1 fully saturated rings. The van der Waals surface area contributed by atoms with Crippen molar-refractivity contribution in [2.75, 3.05) is 0 Å². The molecule has 0 radical (unpaired) electrons. The van der Waals surface area contributed by atoms with E-state index in [4.69, 9.17) is 0 Å². The Balaban J connectivity index is 2.52. The van der Waals surface area contributed by atoms with Gasteiger partial charge in [-0.25, -0.2) is 8.78 Å². The molecule has 0 bridgehead atoms. The van der Waals surface area contributed by atoms with Crippen LogP contribution in [0.3, 0.4) is 0 Å². The second-order valence-corrected chi connectivity index (χ2v) is 6.57. The highest BCUT2D eigenvalue weighted by atomic mass is 19.3. The van der Waals surface area contributed by atoms with Gasteiger partial charge in [-0.15, -0.1) is 0 Å². The Kier molecular flexibility index (Phi) is 4.38. The van der Waals surface area contributed by atoms with E-state index in [9.17, 15) is 8.78 Å². The van der Waals surface area contributed by atoms with E-state index < -0.39 is 5.92 Å². The van der Waals surface area contributed by atoms with Crippen LogP contribution in [0.2, 0.25) is 0 Å². The van der Waals surface area contributed by atoms with Gasteiger partial charge in [0.15, 0.2) is 0 Å². The van der Waals surface area contributed by atoms with Gasteiger partial charge >= 0.3 is 0 Å². The van der Waals surface area contributed by atoms with Crippen LogP contribution in [0, 0.1) is 17.3 Å². The standard InChI is InChI=1S/C15H26F2/c1-11(2)12(3)14(4,5)10-13-6-8-15(16,17)9-7-13/h11,13H,3,6-10H2,1-2,4-5H3. The third-order valence-corrected chi connectivity index (χ3v) is 4.20. The van der Waals surface area contributed by atoms with E-state index in [1.807, 2.05) is 0 Å². The number of allylic oxidation sites excluding steroid dienone is 1. The van der Waals surface area contributed by atoms with Crippen LogP contribution in [0.15, 0.2) is 12.2 Å². The Labute approximate surface area is 104 Å². The minimum Gasteiger partial charge on any atom is -0.207 e. The maximum Gasteiger partial charge on any atom is 0.248 e. The van der Waals surface area contributed by atoms with Crippen LogP contribution in [-0.2, 0) is 0 Å². The molecule has 0 spiro atoms.